The maximum absolute atomic E-state index is 12.4. The van der Waals surface area contributed by atoms with Gasteiger partial charge in [-0.15, -0.1) is 0 Å². The van der Waals surface area contributed by atoms with Crippen LogP contribution in [0.15, 0.2) is 42.5 Å². The Labute approximate surface area is 146 Å². The molecule has 2 amide bonds. The molecule has 25 heavy (non-hydrogen) atoms. The number of carbonyl (C=O) groups is 2. The van der Waals surface area contributed by atoms with Crippen LogP contribution in [0.25, 0.3) is 0 Å². The van der Waals surface area contributed by atoms with E-state index in [1.807, 2.05) is 13.8 Å². The molecule has 0 aromatic heterocycles. The molecular formula is C19H22N2O4. The lowest BCUT2D eigenvalue weighted by Gasteiger charge is -2.12. The van der Waals surface area contributed by atoms with Crippen LogP contribution in [-0.2, 0) is 11.3 Å². The van der Waals surface area contributed by atoms with E-state index in [9.17, 15) is 9.59 Å². The van der Waals surface area contributed by atoms with E-state index in [0.29, 0.717) is 42.4 Å². The van der Waals surface area contributed by atoms with Crippen LogP contribution in [-0.4, -0.2) is 25.0 Å². The van der Waals surface area contributed by atoms with E-state index in [2.05, 4.69) is 5.32 Å². The van der Waals surface area contributed by atoms with Crippen molar-refractivity contribution in [1.82, 2.24) is 0 Å². The maximum atomic E-state index is 12.4. The fraction of sp³-hybridized carbons (Fsp3) is 0.263. The molecule has 0 fully saturated rings. The SMILES string of the molecule is CCOCc1cc(C(=O)Nc2ccc(C(N)=O)cc2)ccc1OCC. The van der Waals surface area contributed by atoms with Gasteiger partial charge in [-0.1, -0.05) is 0 Å². The summed E-state index contributed by atoms with van der Waals surface area (Å²) in [5, 5.41) is 2.79. The molecule has 2 aromatic carbocycles. The Morgan fingerprint density at radius 2 is 1.68 bits per heavy atom. The minimum atomic E-state index is -0.509. The second-order valence-corrected chi connectivity index (χ2v) is 5.29. The summed E-state index contributed by atoms with van der Waals surface area (Å²) in [5.41, 5.74) is 7.48. The quantitative estimate of drug-likeness (QED) is 0.771. The summed E-state index contributed by atoms with van der Waals surface area (Å²) >= 11 is 0. The van der Waals surface area contributed by atoms with E-state index < -0.39 is 5.91 Å². The topological polar surface area (TPSA) is 90.6 Å². The van der Waals surface area contributed by atoms with Gasteiger partial charge in [-0.3, -0.25) is 9.59 Å². The van der Waals surface area contributed by atoms with Gasteiger partial charge >= 0.3 is 0 Å². The summed E-state index contributed by atoms with van der Waals surface area (Å²) in [6.45, 7) is 5.30. The first-order chi connectivity index (χ1) is 12.0. The molecule has 132 valence electrons. The molecule has 6 nitrogen and oxygen atoms in total. The van der Waals surface area contributed by atoms with Crippen molar-refractivity contribution in [3.8, 4) is 5.75 Å². The van der Waals surface area contributed by atoms with Crippen LogP contribution in [0, 0.1) is 0 Å². The molecule has 2 rings (SSSR count). The number of nitrogens with one attached hydrogen (secondary N) is 1. The van der Waals surface area contributed by atoms with Crippen LogP contribution < -0.4 is 15.8 Å². The average Bonchev–Trinajstić information content (AvgIpc) is 2.61. The van der Waals surface area contributed by atoms with Crippen LogP contribution in [0.1, 0.15) is 40.1 Å². The minimum absolute atomic E-state index is 0.257. The fourth-order valence-electron chi connectivity index (χ4n) is 2.26. The lowest BCUT2D eigenvalue weighted by Crippen LogP contribution is -2.14. The Kier molecular flexibility index (Phi) is 6.54. The highest BCUT2D eigenvalue weighted by atomic mass is 16.5. The van der Waals surface area contributed by atoms with Crippen molar-refractivity contribution in [2.45, 2.75) is 20.5 Å². The van der Waals surface area contributed by atoms with Crippen molar-refractivity contribution in [2.24, 2.45) is 5.73 Å². The third-order valence-electron chi connectivity index (χ3n) is 3.51. The molecule has 0 spiro atoms. The summed E-state index contributed by atoms with van der Waals surface area (Å²) in [7, 11) is 0. The fourth-order valence-corrected chi connectivity index (χ4v) is 2.26. The predicted octanol–water partition coefficient (Wildman–Crippen LogP) is 2.97. The lowest BCUT2D eigenvalue weighted by molar-refractivity contribution is 0.0998. The van der Waals surface area contributed by atoms with Gasteiger partial charge in [0.25, 0.3) is 5.91 Å². The highest BCUT2D eigenvalue weighted by Gasteiger charge is 2.11. The first-order valence-electron chi connectivity index (χ1n) is 8.09. The number of anilines is 1. The number of benzene rings is 2. The Bertz CT molecular complexity index is 742. The molecule has 0 saturated heterocycles. The number of hydrogen-bond acceptors (Lipinski definition) is 4. The van der Waals surface area contributed by atoms with Crippen LogP contribution in [0.5, 0.6) is 5.75 Å². The monoisotopic (exact) mass is 342 g/mol. The van der Waals surface area contributed by atoms with Crippen molar-refractivity contribution < 1.29 is 19.1 Å². The van der Waals surface area contributed by atoms with E-state index >= 15 is 0 Å². The van der Waals surface area contributed by atoms with Gasteiger partial charge in [0.05, 0.1) is 13.2 Å². The molecule has 0 heterocycles. The maximum Gasteiger partial charge on any atom is 0.255 e. The van der Waals surface area contributed by atoms with Crippen molar-refractivity contribution in [1.29, 1.82) is 0 Å². The minimum Gasteiger partial charge on any atom is -0.494 e. The van der Waals surface area contributed by atoms with Crippen LogP contribution in [0.4, 0.5) is 5.69 Å². The first kappa shape index (κ1) is 18.5. The van der Waals surface area contributed by atoms with Gasteiger partial charge in [-0.05, 0) is 56.3 Å². The van der Waals surface area contributed by atoms with Gasteiger partial charge in [0.2, 0.25) is 5.91 Å². The van der Waals surface area contributed by atoms with Gasteiger partial charge in [-0.2, -0.15) is 0 Å². The molecule has 6 heteroatoms. The van der Waals surface area contributed by atoms with Crippen LogP contribution >= 0.6 is 0 Å². The third kappa shape index (κ3) is 5.06. The Morgan fingerprint density at radius 3 is 2.28 bits per heavy atom. The zero-order valence-electron chi connectivity index (χ0n) is 14.4. The largest absolute Gasteiger partial charge is 0.494 e. The second kappa shape index (κ2) is 8.84. The Morgan fingerprint density at radius 1 is 1.00 bits per heavy atom. The second-order valence-electron chi connectivity index (χ2n) is 5.29. The molecule has 0 aliphatic rings. The van der Waals surface area contributed by atoms with E-state index in [1.54, 1.807) is 42.5 Å². The Hall–Kier alpha value is -2.86. The van der Waals surface area contributed by atoms with Crippen LogP contribution in [0.2, 0.25) is 0 Å². The lowest BCUT2D eigenvalue weighted by atomic mass is 10.1. The number of primary amides is 1. The van der Waals surface area contributed by atoms with Crippen molar-refractivity contribution in [3.63, 3.8) is 0 Å². The zero-order valence-corrected chi connectivity index (χ0v) is 14.4. The number of carbonyl (C=O) groups excluding carboxylic acids is 2. The molecular weight excluding hydrogens is 320 g/mol. The highest BCUT2D eigenvalue weighted by Crippen LogP contribution is 2.22. The van der Waals surface area contributed by atoms with Crippen molar-refractivity contribution in [2.75, 3.05) is 18.5 Å². The third-order valence-corrected chi connectivity index (χ3v) is 3.51. The molecule has 0 aliphatic heterocycles. The average molecular weight is 342 g/mol. The molecule has 0 aliphatic carbocycles. The molecule has 0 unspecified atom stereocenters. The van der Waals surface area contributed by atoms with Gasteiger partial charge in [0, 0.05) is 29.0 Å². The summed E-state index contributed by atoms with van der Waals surface area (Å²) in [6.07, 6.45) is 0. The van der Waals surface area contributed by atoms with Crippen molar-refractivity contribution in [3.05, 3.63) is 59.2 Å². The molecule has 2 aromatic rings. The van der Waals surface area contributed by atoms with E-state index in [0.717, 1.165) is 5.56 Å². The molecule has 0 saturated carbocycles. The number of amides is 2. The summed E-state index contributed by atoms with van der Waals surface area (Å²) in [4.78, 5) is 23.5. The molecule has 0 bridgehead atoms. The first-order valence-corrected chi connectivity index (χ1v) is 8.09. The normalized spacial score (nSPS) is 10.3. The predicted molar refractivity (Wildman–Crippen MR) is 95.9 cm³/mol. The van der Waals surface area contributed by atoms with Gasteiger partial charge in [-0.25, -0.2) is 0 Å². The smallest absolute Gasteiger partial charge is 0.255 e. The highest BCUT2D eigenvalue weighted by molar-refractivity contribution is 6.04. The van der Waals surface area contributed by atoms with Gasteiger partial charge < -0.3 is 20.5 Å². The number of hydrogen-bond donors (Lipinski definition) is 2. The van der Waals surface area contributed by atoms with Gasteiger partial charge in [0.1, 0.15) is 5.75 Å². The molecule has 0 atom stereocenters. The van der Waals surface area contributed by atoms with Gasteiger partial charge in [0.15, 0.2) is 0 Å². The van der Waals surface area contributed by atoms with Crippen LogP contribution in [0.3, 0.4) is 0 Å². The summed E-state index contributed by atoms with van der Waals surface area (Å²) in [5.74, 6) is -0.0594. The summed E-state index contributed by atoms with van der Waals surface area (Å²) in [6, 6.07) is 11.6. The number of rotatable bonds is 8. The standard InChI is InChI=1S/C19H22N2O4/c1-3-24-12-15-11-14(7-10-17(15)25-4-2)19(23)21-16-8-5-13(6-9-16)18(20)22/h5-11H,3-4,12H2,1-2H3,(H2,20,22)(H,21,23). The van der Waals surface area contributed by atoms with E-state index in [4.69, 9.17) is 15.2 Å². The zero-order chi connectivity index (χ0) is 18.2. The van der Waals surface area contributed by atoms with E-state index in [1.165, 1.54) is 0 Å². The summed E-state index contributed by atoms with van der Waals surface area (Å²) < 4.78 is 11.0. The number of nitrogens with two attached hydrogens (primary N) is 1. The van der Waals surface area contributed by atoms with E-state index in [-0.39, 0.29) is 5.91 Å². The number of ether oxygens (including phenoxy) is 2. The molecule has 0 radical (unpaired) electrons. The molecule has 3 N–H and O–H groups in total. The van der Waals surface area contributed by atoms with Crippen molar-refractivity contribution >= 4 is 17.5 Å². The Balaban J connectivity index is 2.16.